The summed E-state index contributed by atoms with van der Waals surface area (Å²) in [7, 11) is 0. The van der Waals surface area contributed by atoms with Gasteiger partial charge in [0.1, 0.15) is 0 Å². The molecule has 2 N–H and O–H groups in total. The van der Waals surface area contributed by atoms with Crippen LogP contribution >= 0.6 is 0 Å². The Morgan fingerprint density at radius 2 is 2.12 bits per heavy atom. The first-order valence-electron chi connectivity index (χ1n) is 7.18. The molecule has 1 fully saturated rings. The molecular weight excluding hydrogens is 212 g/mol. The molecule has 0 spiro atoms. The van der Waals surface area contributed by atoms with Gasteiger partial charge in [-0.3, -0.25) is 0 Å². The SMILES string of the molecule is CCN1CCC(NCCC(O)C(C)C)C(C)C1. The van der Waals surface area contributed by atoms with E-state index in [1.54, 1.807) is 0 Å². The van der Waals surface area contributed by atoms with Crippen LogP contribution in [-0.2, 0) is 0 Å². The molecule has 1 rings (SSSR count). The monoisotopic (exact) mass is 242 g/mol. The zero-order valence-electron chi connectivity index (χ0n) is 11.9. The summed E-state index contributed by atoms with van der Waals surface area (Å²) in [6, 6.07) is 0.636. The van der Waals surface area contributed by atoms with Crippen molar-refractivity contribution in [3.63, 3.8) is 0 Å². The number of piperidine rings is 1. The lowest BCUT2D eigenvalue weighted by Crippen LogP contribution is -2.48. The zero-order valence-corrected chi connectivity index (χ0v) is 11.9. The zero-order chi connectivity index (χ0) is 12.8. The van der Waals surface area contributed by atoms with Crippen molar-refractivity contribution in [2.75, 3.05) is 26.2 Å². The lowest BCUT2D eigenvalue weighted by atomic mass is 9.93. The van der Waals surface area contributed by atoms with E-state index in [-0.39, 0.29) is 6.10 Å². The number of likely N-dealkylation sites (tertiary alicyclic amines) is 1. The van der Waals surface area contributed by atoms with E-state index in [0.29, 0.717) is 12.0 Å². The van der Waals surface area contributed by atoms with Gasteiger partial charge >= 0.3 is 0 Å². The Hall–Kier alpha value is -0.120. The third-order valence-electron chi connectivity index (χ3n) is 4.05. The highest BCUT2D eigenvalue weighted by atomic mass is 16.3. The molecule has 3 atom stereocenters. The summed E-state index contributed by atoms with van der Waals surface area (Å²) in [5.41, 5.74) is 0. The second-order valence-corrected chi connectivity index (χ2v) is 5.82. The van der Waals surface area contributed by atoms with Crippen LogP contribution in [0, 0.1) is 11.8 Å². The van der Waals surface area contributed by atoms with E-state index >= 15 is 0 Å². The highest BCUT2D eigenvalue weighted by Gasteiger charge is 2.24. The molecule has 0 amide bonds. The van der Waals surface area contributed by atoms with Crippen LogP contribution in [0.3, 0.4) is 0 Å². The Balaban J connectivity index is 2.19. The molecule has 3 nitrogen and oxygen atoms in total. The number of nitrogens with zero attached hydrogens (tertiary/aromatic N) is 1. The van der Waals surface area contributed by atoms with Gasteiger partial charge < -0.3 is 15.3 Å². The molecular formula is C14H30N2O. The van der Waals surface area contributed by atoms with Gasteiger partial charge in [-0.15, -0.1) is 0 Å². The van der Waals surface area contributed by atoms with Gasteiger partial charge in [-0.25, -0.2) is 0 Å². The first-order chi connectivity index (χ1) is 8.04. The highest BCUT2D eigenvalue weighted by molar-refractivity contribution is 4.82. The van der Waals surface area contributed by atoms with Crippen molar-refractivity contribution in [2.24, 2.45) is 11.8 Å². The number of aliphatic hydroxyl groups is 1. The van der Waals surface area contributed by atoms with Gasteiger partial charge in [-0.05, 0) is 44.3 Å². The van der Waals surface area contributed by atoms with Crippen LogP contribution in [0.4, 0.5) is 0 Å². The van der Waals surface area contributed by atoms with E-state index in [4.69, 9.17) is 0 Å². The van der Waals surface area contributed by atoms with Gasteiger partial charge in [0, 0.05) is 12.6 Å². The van der Waals surface area contributed by atoms with Crippen LogP contribution in [0.1, 0.15) is 40.5 Å². The molecule has 0 aromatic heterocycles. The second kappa shape index (κ2) is 7.34. The normalized spacial score (nSPS) is 28.6. The summed E-state index contributed by atoms with van der Waals surface area (Å²) in [6.07, 6.45) is 1.96. The Bertz CT molecular complexity index is 208. The van der Waals surface area contributed by atoms with Crippen LogP contribution < -0.4 is 5.32 Å². The predicted molar refractivity (Wildman–Crippen MR) is 73.1 cm³/mol. The Morgan fingerprint density at radius 1 is 1.41 bits per heavy atom. The van der Waals surface area contributed by atoms with Crippen molar-refractivity contribution < 1.29 is 5.11 Å². The Kier molecular flexibility index (Phi) is 6.45. The van der Waals surface area contributed by atoms with E-state index in [1.165, 1.54) is 26.1 Å². The van der Waals surface area contributed by atoms with E-state index in [0.717, 1.165) is 18.9 Å². The van der Waals surface area contributed by atoms with Crippen molar-refractivity contribution in [3.05, 3.63) is 0 Å². The van der Waals surface area contributed by atoms with Crippen LogP contribution in [0.5, 0.6) is 0 Å². The number of hydrogen-bond acceptors (Lipinski definition) is 3. The van der Waals surface area contributed by atoms with E-state index in [9.17, 15) is 5.11 Å². The molecule has 17 heavy (non-hydrogen) atoms. The third kappa shape index (κ3) is 4.94. The standard InChI is InChI=1S/C14H30N2O/c1-5-16-9-7-13(12(4)10-16)15-8-6-14(17)11(2)3/h11-15,17H,5-10H2,1-4H3. The topological polar surface area (TPSA) is 35.5 Å². The van der Waals surface area contributed by atoms with Crippen molar-refractivity contribution in [2.45, 2.75) is 52.7 Å². The fourth-order valence-corrected chi connectivity index (χ4v) is 2.57. The van der Waals surface area contributed by atoms with Crippen molar-refractivity contribution in [1.29, 1.82) is 0 Å². The molecule has 0 saturated carbocycles. The fraction of sp³-hybridized carbons (Fsp3) is 1.00. The molecule has 0 aromatic rings. The summed E-state index contributed by atoms with van der Waals surface area (Å²) < 4.78 is 0. The first-order valence-corrected chi connectivity index (χ1v) is 7.18. The van der Waals surface area contributed by atoms with E-state index < -0.39 is 0 Å². The molecule has 0 radical (unpaired) electrons. The predicted octanol–water partition coefficient (Wildman–Crippen LogP) is 1.71. The van der Waals surface area contributed by atoms with Gasteiger partial charge in [0.25, 0.3) is 0 Å². The third-order valence-corrected chi connectivity index (χ3v) is 4.05. The van der Waals surface area contributed by atoms with E-state index in [2.05, 4.69) is 37.9 Å². The maximum Gasteiger partial charge on any atom is 0.0575 e. The van der Waals surface area contributed by atoms with Crippen LogP contribution in [0.2, 0.25) is 0 Å². The molecule has 1 saturated heterocycles. The summed E-state index contributed by atoms with van der Waals surface area (Å²) >= 11 is 0. The molecule has 0 aliphatic carbocycles. The van der Waals surface area contributed by atoms with Gasteiger partial charge in [0.15, 0.2) is 0 Å². The fourth-order valence-electron chi connectivity index (χ4n) is 2.57. The van der Waals surface area contributed by atoms with Gasteiger partial charge in [-0.1, -0.05) is 27.7 Å². The quantitative estimate of drug-likeness (QED) is 0.744. The Morgan fingerprint density at radius 3 is 2.65 bits per heavy atom. The molecule has 102 valence electrons. The first kappa shape index (κ1) is 14.9. The van der Waals surface area contributed by atoms with Gasteiger partial charge in [-0.2, -0.15) is 0 Å². The largest absolute Gasteiger partial charge is 0.393 e. The number of aliphatic hydroxyl groups excluding tert-OH is 1. The van der Waals surface area contributed by atoms with Crippen LogP contribution in [-0.4, -0.2) is 48.3 Å². The number of nitrogens with one attached hydrogen (secondary N) is 1. The minimum atomic E-state index is -0.159. The number of hydrogen-bond donors (Lipinski definition) is 2. The molecule has 1 heterocycles. The van der Waals surface area contributed by atoms with Crippen molar-refractivity contribution in [1.82, 2.24) is 10.2 Å². The van der Waals surface area contributed by atoms with Crippen LogP contribution in [0.25, 0.3) is 0 Å². The summed E-state index contributed by atoms with van der Waals surface area (Å²) in [4.78, 5) is 2.52. The van der Waals surface area contributed by atoms with Crippen LogP contribution in [0.15, 0.2) is 0 Å². The van der Waals surface area contributed by atoms with Crippen molar-refractivity contribution >= 4 is 0 Å². The molecule has 3 unspecified atom stereocenters. The molecule has 1 aliphatic heterocycles. The number of rotatable bonds is 6. The summed E-state index contributed by atoms with van der Waals surface area (Å²) in [6.45, 7) is 13.3. The minimum Gasteiger partial charge on any atom is -0.393 e. The lowest BCUT2D eigenvalue weighted by Gasteiger charge is -2.37. The maximum atomic E-state index is 9.75. The molecule has 1 aliphatic rings. The summed E-state index contributed by atoms with van der Waals surface area (Å²) in [5.74, 6) is 1.09. The van der Waals surface area contributed by atoms with Crippen molar-refractivity contribution in [3.8, 4) is 0 Å². The second-order valence-electron chi connectivity index (χ2n) is 5.82. The van der Waals surface area contributed by atoms with Gasteiger partial charge in [0.2, 0.25) is 0 Å². The lowest BCUT2D eigenvalue weighted by molar-refractivity contribution is 0.108. The minimum absolute atomic E-state index is 0.159. The van der Waals surface area contributed by atoms with Gasteiger partial charge in [0.05, 0.1) is 6.10 Å². The smallest absolute Gasteiger partial charge is 0.0575 e. The Labute approximate surface area is 107 Å². The van der Waals surface area contributed by atoms with E-state index in [1.807, 2.05) is 0 Å². The molecule has 0 bridgehead atoms. The molecule has 0 aromatic carbocycles. The maximum absolute atomic E-state index is 9.75. The average molecular weight is 242 g/mol. The highest BCUT2D eigenvalue weighted by Crippen LogP contribution is 2.16. The molecule has 3 heteroatoms. The summed E-state index contributed by atoms with van der Waals surface area (Å²) in [5, 5.41) is 13.4. The average Bonchev–Trinajstić information content (AvgIpc) is 2.30.